The first-order chi connectivity index (χ1) is 8.78. The summed E-state index contributed by atoms with van der Waals surface area (Å²) in [6.45, 7) is 3.81. The van der Waals surface area contributed by atoms with Gasteiger partial charge in [0.15, 0.2) is 0 Å². The molecule has 0 aliphatic carbocycles. The van der Waals surface area contributed by atoms with Crippen LogP contribution in [0.4, 0.5) is 0 Å². The van der Waals surface area contributed by atoms with E-state index in [1.54, 1.807) is 11.3 Å². The van der Waals surface area contributed by atoms with Gasteiger partial charge in [-0.3, -0.25) is 9.88 Å². The van der Waals surface area contributed by atoms with Gasteiger partial charge in [0, 0.05) is 37.3 Å². The predicted octanol–water partition coefficient (Wildman–Crippen LogP) is 1.65. The fraction of sp³-hybridized carbons (Fsp3) is 0.769. The van der Waals surface area contributed by atoms with E-state index in [0.717, 1.165) is 51.9 Å². The number of hydrogen-bond donors (Lipinski definition) is 1. The minimum Gasteiger partial charge on any atom is -0.390 e. The van der Waals surface area contributed by atoms with E-state index < -0.39 is 0 Å². The van der Waals surface area contributed by atoms with Gasteiger partial charge in [-0.2, -0.15) is 0 Å². The van der Waals surface area contributed by atoms with Crippen molar-refractivity contribution in [2.45, 2.75) is 43.9 Å². The Kier molecular flexibility index (Phi) is 3.66. The Morgan fingerprint density at radius 1 is 1.50 bits per heavy atom. The number of hydrogen-bond acceptors (Lipinski definition) is 5. The van der Waals surface area contributed by atoms with E-state index in [9.17, 15) is 5.11 Å². The van der Waals surface area contributed by atoms with Crippen LogP contribution in [0.2, 0.25) is 0 Å². The molecule has 0 saturated carbocycles. The maximum Gasteiger partial charge on any atom is 0.0964 e. The third kappa shape index (κ3) is 2.45. The Bertz CT molecular complexity index is 374. The Morgan fingerprint density at radius 2 is 2.33 bits per heavy atom. The highest BCUT2D eigenvalue weighted by atomic mass is 32.1. The first-order valence-corrected chi connectivity index (χ1v) is 7.58. The number of aliphatic hydroxyl groups is 1. The van der Waals surface area contributed by atoms with Gasteiger partial charge in [-0.25, -0.2) is 0 Å². The van der Waals surface area contributed by atoms with E-state index in [1.807, 2.05) is 11.7 Å². The molecule has 4 nitrogen and oxygen atoms in total. The average Bonchev–Trinajstić information content (AvgIpc) is 2.89. The SMILES string of the molecule is O[C@@H]1CCCOC12CCN(Cc1cncs1)CC2. The fourth-order valence-corrected chi connectivity index (χ4v) is 3.66. The Labute approximate surface area is 112 Å². The zero-order valence-corrected chi connectivity index (χ0v) is 11.4. The van der Waals surface area contributed by atoms with Gasteiger partial charge in [0.2, 0.25) is 0 Å². The van der Waals surface area contributed by atoms with Crippen LogP contribution in [-0.4, -0.2) is 46.4 Å². The highest BCUT2D eigenvalue weighted by Gasteiger charge is 2.43. The molecule has 0 aromatic carbocycles. The van der Waals surface area contributed by atoms with E-state index in [0.29, 0.717) is 0 Å². The van der Waals surface area contributed by atoms with Crippen molar-refractivity contribution in [1.29, 1.82) is 0 Å². The lowest BCUT2D eigenvalue weighted by Gasteiger charge is -2.46. The third-order valence-electron chi connectivity index (χ3n) is 4.18. The summed E-state index contributed by atoms with van der Waals surface area (Å²) in [5.41, 5.74) is 1.64. The normalized spacial score (nSPS) is 28.6. The van der Waals surface area contributed by atoms with E-state index in [1.165, 1.54) is 4.88 Å². The molecule has 2 aliphatic heterocycles. The topological polar surface area (TPSA) is 45.6 Å². The molecule has 1 N–H and O–H groups in total. The van der Waals surface area contributed by atoms with Crippen LogP contribution < -0.4 is 0 Å². The highest BCUT2D eigenvalue weighted by molar-refractivity contribution is 7.09. The lowest BCUT2D eigenvalue weighted by molar-refractivity contribution is -0.177. The maximum absolute atomic E-state index is 10.2. The van der Waals surface area contributed by atoms with Crippen LogP contribution in [0.1, 0.15) is 30.6 Å². The lowest BCUT2D eigenvalue weighted by Crippen LogP contribution is -2.55. The molecular formula is C13H20N2O2S. The van der Waals surface area contributed by atoms with E-state index >= 15 is 0 Å². The number of piperidine rings is 1. The van der Waals surface area contributed by atoms with Gasteiger partial charge in [-0.1, -0.05) is 0 Å². The molecule has 0 radical (unpaired) electrons. The summed E-state index contributed by atoms with van der Waals surface area (Å²) in [5, 5.41) is 10.2. The molecule has 1 aromatic heterocycles. The van der Waals surface area contributed by atoms with Crippen molar-refractivity contribution in [3.8, 4) is 0 Å². The number of thiazole rings is 1. The molecule has 0 amide bonds. The average molecular weight is 268 g/mol. The van der Waals surface area contributed by atoms with E-state index in [2.05, 4.69) is 9.88 Å². The smallest absolute Gasteiger partial charge is 0.0964 e. The van der Waals surface area contributed by atoms with Crippen molar-refractivity contribution in [3.05, 3.63) is 16.6 Å². The monoisotopic (exact) mass is 268 g/mol. The van der Waals surface area contributed by atoms with Crippen LogP contribution in [0.15, 0.2) is 11.7 Å². The first kappa shape index (κ1) is 12.5. The second kappa shape index (κ2) is 5.25. The summed E-state index contributed by atoms with van der Waals surface area (Å²) < 4.78 is 5.92. The van der Waals surface area contributed by atoms with Crippen LogP contribution in [0, 0.1) is 0 Å². The molecule has 18 heavy (non-hydrogen) atoms. The number of rotatable bonds is 2. The molecule has 2 aliphatic rings. The van der Waals surface area contributed by atoms with Gasteiger partial charge < -0.3 is 9.84 Å². The zero-order valence-electron chi connectivity index (χ0n) is 10.5. The predicted molar refractivity (Wildman–Crippen MR) is 70.5 cm³/mol. The highest BCUT2D eigenvalue weighted by Crippen LogP contribution is 2.35. The van der Waals surface area contributed by atoms with E-state index in [-0.39, 0.29) is 11.7 Å². The van der Waals surface area contributed by atoms with Gasteiger partial charge >= 0.3 is 0 Å². The molecule has 0 bridgehead atoms. The van der Waals surface area contributed by atoms with Gasteiger partial charge in [0.05, 0.1) is 17.2 Å². The quantitative estimate of drug-likeness (QED) is 0.886. The number of likely N-dealkylation sites (tertiary alicyclic amines) is 1. The van der Waals surface area contributed by atoms with Gasteiger partial charge in [0.25, 0.3) is 0 Å². The summed E-state index contributed by atoms with van der Waals surface area (Å²) in [6.07, 6.45) is 5.47. The Balaban J connectivity index is 1.57. The van der Waals surface area contributed by atoms with Crippen molar-refractivity contribution < 1.29 is 9.84 Å². The van der Waals surface area contributed by atoms with Crippen molar-refractivity contribution in [3.63, 3.8) is 0 Å². The van der Waals surface area contributed by atoms with Crippen molar-refractivity contribution in [2.75, 3.05) is 19.7 Å². The van der Waals surface area contributed by atoms with Gasteiger partial charge in [0.1, 0.15) is 0 Å². The van der Waals surface area contributed by atoms with Crippen LogP contribution >= 0.6 is 11.3 Å². The fourth-order valence-electron chi connectivity index (χ4n) is 3.02. The van der Waals surface area contributed by atoms with Crippen LogP contribution in [0.5, 0.6) is 0 Å². The van der Waals surface area contributed by atoms with Crippen LogP contribution in [0.25, 0.3) is 0 Å². The molecule has 1 spiro atoms. The minimum absolute atomic E-state index is 0.248. The molecule has 1 atom stereocenters. The molecule has 2 fully saturated rings. The largest absolute Gasteiger partial charge is 0.390 e. The standard InChI is InChI=1S/C13H20N2O2S/c16-12-2-1-7-17-13(12)3-5-15(6-4-13)9-11-8-14-10-18-11/h8,10,12,16H,1-7,9H2/t12-/m1/s1. The molecule has 1 aromatic rings. The molecule has 5 heteroatoms. The van der Waals surface area contributed by atoms with Crippen molar-refractivity contribution in [1.82, 2.24) is 9.88 Å². The van der Waals surface area contributed by atoms with Gasteiger partial charge in [-0.15, -0.1) is 11.3 Å². The summed E-state index contributed by atoms with van der Waals surface area (Å²) in [7, 11) is 0. The minimum atomic E-state index is -0.267. The number of aliphatic hydroxyl groups excluding tert-OH is 1. The Hall–Kier alpha value is -0.490. The molecule has 3 rings (SSSR count). The summed E-state index contributed by atoms with van der Waals surface area (Å²) in [4.78, 5) is 7.86. The molecule has 0 unspecified atom stereocenters. The van der Waals surface area contributed by atoms with Crippen LogP contribution in [0.3, 0.4) is 0 Å². The molecule has 2 saturated heterocycles. The molecule has 100 valence electrons. The van der Waals surface area contributed by atoms with Gasteiger partial charge in [-0.05, 0) is 25.7 Å². The summed E-state index contributed by atoms with van der Waals surface area (Å²) in [5.74, 6) is 0. The summed E-state index contributed by atoms with van der Waals surface area (Å²) >= 11 is 1.71. The second-order valence-electron chi connectivity index (χ2n) is 5.32. The number of nitrogens with zero attached hydrogens (tertiary/aromatic N) is 2. The van der Waals surface area contributed by atoms with Crippen LogP contribution in [-0.2, 0) is 11.3 Å². The molecular weight excluding hydrogens is 248 g/mol. The van der Waals surface area contributed by atoms with E-state index in [4.69, 9.17) is 4.74 Å². The zero-order chi connectivity index (χ0) is 12.4. The number of ether oxygens (including phenoxy) is 1. The maximum atomic E-state index is 10.2. The Morgan fingerprint density at radius 3 is 3.00 bits per heavy atom. The van der Waals surface area contributed by atoms with Crippen molar-refractivity contribution >= 4 is 11.3 Å². The number of aromatic nitrogens is 1. The summed E-state index contributed by atoms with van der Waals surface area (Å²) in [6, 6.07) is 0. The van der Waals surface area contributed by atoms with Crippen molar-refractivity contribution in [2.24, 2.45) is 0 Å². The second-order valence-corrected chi connectivity index (χ2v) is 6.29. The third-order valence-corrected chi connectivity index (χ3v) is 4.95. The lowest BCUT2D eigenvalue weighted by atomic mass is 9.82. The molecule has 3 heterocycles. The first-order valence-electron chi connectivity index (χ1n) is 6.70.